The van der Waals surface area contributed by atoms with E-state index in [1.807, 2.05) is 30.3 Å². The Hall–Kier alpha value is -2.40. The molecule has 20 heavy (non-hydrogen) atoms. The Bertz CT molecular complexity index is 629. The highest BCUT2D eigenvalue weighted by Crippen LogP contribution is 2.19. The average molecular weight is 286 g/mol. The summed E-state index contributed by atoms with van der Waals surface area (Å²) in [6.07, 6.45) is 0. The molecule has 2 aromatic rings. The molecule has 0 saturated heterocycles. The zero-order chi connectivity index (χ0) is 14.5. The summed E-state index contributed by atoms with van der Waals surface area (Å²) in [6, 6.07) is 15.7. The third-order valence-electron chi connectivity index (χ3n) is 2.83. The topological polar surface area (TPSA) is 66.6 Å². The van der Waals surface area contributed by atoms with Gasteiger partial charge >= 0.3 is 0 Å². The maximum Gasteiger partial charge on any atom is 0.264 e. The second-order valence-corrected chi connectivity index (χ2v) is 4.65. The average Bonchev–Trinajstić information content (AvgIpc) is 2.45. The van der Waals surface area contributed by atoms with E-state index in [0.717, 1.165) is 5.56 Å². The van der Waals surface area contributed by atoms with Crippen molar-refractivity contribution in [2.75, 3.05) is 0 Å². The number of nitrogens with two attached hydrogens (primary N) is 1. The number of hydrogen-bond acceptors (Lipinski definition) is 3. The predicted molar refractivity (Wildman–Crippen MR) is 81.2 cm³/mol. The molecule has 0 heterocycles. The summed E-state index contributed by atoms with van der Waals surface area (Å²) in [5.74, 6) is -0.508. The van der Waals surface area contributed by atoms with Gasteiger partial charge in [0.2, 0.25) is 0 Å². The number of benzene rings is 2. The fraction of sp³-hybridized carbons (Fsp3) is 0.0667. The van der Waals surface area contributed by atoms with Gasteiger partial charge in [0.05, 0.1) is 12.1 Å². The minimum absolute atomic E-state index is 0.0258. The number of rotatable bonds is 3. The van der Waals surface area contributed by atoms with Gasteiger partial charge < -0.3 is 10.8 Å². The van der Waals surface area contributed by atoms with Gasteiger partial charge in [-0.3, -0.25) is 9.69 Å². The Morgan fingerprint density at radius 3 is 2.30 bits per heavy atom. The van der Waals surface area contributed by atoms with Crippen LogP contribution >= 0.6 is 12.2 Å². The first-order valence-corrected chi connectivity index (χ1v) is 6.43. The number of hydrogen-bond donors (Lipinski definition) is 2. The smallest absolute Gasteiger partial charge is 0.264 e. The maximum atomic E-state index is 12.4. The van der Waals surface area contributed by atoms with Crippen LogP contribution < -0.4 is 5.73 Å². The van der Waals surface area contributed by atoms with Crippen molar-refractivity contribution in [2.45, 2.75) is 6.54 Å². The molecule has 0 saturated carbocycles. The standard InChI is InChI=1S/C15H14N2O2S/c16-15(20)17(10-11-6-2-1-3-7-11)14(19)12-8-4-5-9-13(12)18/h1-9,18H,10H2,(H2,16,20). The van der Waals surface area contributed by atoms with Crippen LogP contribution in [0.2, 0.25) is 0 Å². The molecule has 2 rings (SSSR count). The fourth-order valence-corrected chi connectivity index (χ4v) is 1.96. The number of amides is 1. The van der Waals surface area contributed by atoms with Crippen molar-refractivity contribution in [2.24, 2.45) is 5.73 Å². The van der Waals surface area contributed by atoms with E-state index in [1.54, 1.807) is 12.1 Å². The SMILES string of the molecule is NC(=S)N(Cc1ccccc1)C(=O)c1ccccc1O. The van der Waals surface area contributed by atoms with E-state index in [4.69, 9.17) is 18.0 Å². The van der Waals surface area contributed by atoms with Gasteiger partial charge in [-0.2, -0.15) is 0 Å². The van der Waals surface area contributed by atoms with Crippen molar-refractivity contribution >= 4 is 23.2 Å². The number of nitrogens with zero attached hydrogens (tertiary/aromatic N) is 1. The van der Waals surface area contributed by atoms with Gasteiger partial charge in [-0.1, -0.05) is 42.5 Å². The second-order valence-electron chi connectivity index (χ2n) is 4.23. The highest BCUT2D eigenvalue weighted by molar-refractivity contribution is 7.80. The van der Waals surface area contributed by atoms with Crippen LogP contribution in [0.3, 0.4) is 0 Å². The van der Waals surface area contributed by atoms with Gasteiger partial charge in [0.15, 0.2) is 5.11 Å². The molecule has 0 aliphatic carbocycles. The number of carbonyl (C=O) groups excluding carboxylic acids is 1. The molecule has 0 aliphatic rings. The van der Waals surface area contributed by atoms with Gasteiger partial charge in [-0.25, -0.2) is 0 Å². The quantitative estimate of drug-likeness (QED) is 0.850. The zero-order valence-corrected chi connectivity index (χ0v) is 11.5. The molecular weight excluding hydrogens is 272 g/mol. The number of phenols is 1. The molecule has 0 aromatic heterocycles. The summed E-state index contributed by atoms with van der Waals surface area (Å²) in [4.78, 5) is 13.7. The van der Waals surface area contributed by atoms with Crippen LogP contribution in [0.1, 0.15) is 15.9 Å². The van der Waals surface area contributed by atoms with Crippen molar-refractivity contribution in [3.8, 4) is 5.75 Å². The van der Waals surface area contributed by atoms with Crippen molar-refractivity contribution in [1.29, 1.82) is 0 Å². The number of phenolic OH excluding ortho intramolecular Hbond substituents is 1. The van der Waals surface area contributed by atoms with Crippen molar-refractivity contribution in [1.82, 2.24) is 4.90 Å². The van der Waals surface area contributed by atoms with E-state index < -0.39 is 5.91 Å². The Labute approximate surface area is 122 Å². The lowest BCUT2D eigenvalue weighted by molar-refractivity contribution is 0.0838. The number of aromatic hydroxyl groups is 1. The first-order valence-electron chi connectivity index (χ1n) is 6.03. The summed E-state index contributed by atoms with van der Waals surface area (Å²) in [7, 11) is 0. The third-order valence-corrected chi connectivity index (χ3v) is 3.05. The van der Waals surface area contributed by atoms with E-state index in [1.165, 1.54) is 17.0 Å². The van der Waals surface area contributed by atoms with Gasteiger partial charge in [-0.15, -0.1) is 0 Å². The number of para-hydroxylation sites is 1. The second kappa shape index (κ2) is 6.16. The van der Waals surface area contributed by atoms with Gasteiger partial charge in [0.1, 0.15) is 5.75 Å². The highest BCUT2D eigenvalue weighted by Gasteiger charge is 2.20. The predicted octanol–water partition coefficient (Wildman–Crippen LogP) is 2.28. The Morgan fingerprint density at radius 1 is 1.10 bits per heavy atom. The molecule has 0 bridgehead atoms. The van der Waals surface area contributed by atoms with E-state index in [-0.39, 0.29) is 23.0 Å². The van der Waals surface area contributed by atoms with Crippen LogP contribution in [0.25, 0.3) is 0 Å². The normalized spacial score (nSPS) is 10.0. The van der Waals surface area contributed by atoms with Gasteiger partial charge in [-0.05, 0) is 29.9 Å². The van der Waals surface area contributed by atoms with Crippen LogP contribution in [0, 0.1) is 0 Å². The van der Waals surface area contributed by atoms with Crippen molar-refractivity contribution in [3.63, 3.8) is 0 Å². The summed E-state index contributed by atoms with van der Waals surface area (Å²) in [5, 5.41) is 9.72. The molecule has 0 atom stereocenters. The van der Waals surface area contributed by atoms with Crippen LogP contribution in [-0.2, 0) is 6.54 Å². The molecule has 1 amide bonds. The van der Waals surface area contributed by atoms with Crippen LogP contribution in [0.15, 0.2) is 54.6 Å². The monoisotopic (exact) mass is 286 g/mol. The van der Waals surface area contributed by atoms with E-state index in [2.05, 4.69) is 0 Å². The molecule has 0 spiro atoms. The molecule has 4 nitrogen and oxygen atoms in total. The molecule has 2 aromatic carbocycles. The maximum absolute atomic E-state index is 12.4. The summed E-state index contributed by atoms with van der Waals surface area (Å²) in [5.41, 5.74) is 6.71. The molecular formula is C15H14N2O2S. The molecule has 0 radical (unpaired) electrons. The molecule has 0 aliphatic heterocycles. The number of carbonyl (C=O) groups is 1. The van der Waals surface area contributed by atoms with E-state index in [0.29, 0.717) is 0 Å². The highest BCUT2D eigenvalue weighted by atomic mass is 32.1. The van der Waals surface area contributed by atoms with Crippen LogP contribution in [0.5, 0.6) is 5.75 Å². The Kier molecular flexibility index (Phi) is 4.32. The van der Waals surface area contributed by atoms with E-state index >= 15 is 0 Å². The lowest BCUT2D eigenvalue weighted by Crippen LogP contribution is -2.39. The third kappa shape index (κ3) is 3.13. The minimum atomic E-state index is -0.417. The zero-order valence-electron chi connectivity index (χ0n) is 10.7. The summed E-state index contributed by atoms with van der Waals surface area (Å²) >= 11 is 4.94. The number of thiocarbonyl (C=S) groups is 1. The Balaban J connectivity index is 2.28. The Morgan fingerprint density at radius 2 is 1.70 bits per heavy atom. The minimum Gasteiger partial charge on any atom is -0.507 e. The first-order chi connectivity index (χ1) is 9.59. The molecule has 102 valence electrons. The molecule has 3 N–H and O–H groups in total. The lowest BCUT2D eigenvalue weighted by Gasteiger charge is -2.21. The van der Waals surface area contributed by atoms with Gasteiger partial charge in [0.25, 0.3) is 5.91 Å². The fourth-order valence-electron chi connectivity index (χ4n) is 1.82. The summed E-state index contributed by atoms with van der Waals surface area (Å²) < 4.78 is 0. The summed E-state index contributed by atoms with van der Waals surface area (Å²) in [6.45, 7) is 0.267. The lowest BCUT2D eigenvalue weighted by atomic mass is 10.1. The van der Waals surface area contributed by atoms with Crippen LogP contribution in [0.4, 0.5) is 0 Å². The van der Waals surface area contributed by atoms with Gasteiger partial charge in [0, 0.05) is 0 Å². The molecule has 0 fully saturated rings. The first kappa shape index (κ1) is 14.0. The van der Waals surface area contributed by atoms with Crippen molar-refractivity contribution in [3.05, 3.63) is 65.7 Å². The molecule has 5 heteroatoms. The largest absolute Gasteiger partial charge is 0.507 e. The molecule has 0 unspecified atom stereocenters. The van der Waals surface area contributed by atoms with Crippen molar-refractivity contribution < 1.29 is 9.90 Å². The van der Waals surface area contributed by atoms with Crippen LogP contribution in [-0.4, -0.2) is 21.0 Å². The van der Waals surface area contributed by atoms with E-state index in [9.17, 15) is 9.90 Å².